The van der Waals surface area contributed by atoms with E-state index in [2.05, 4.69) is 41.5 Å². The molecule has 0 saturated carbocycles. The summed E-state index contributed by atoms with van der Waals surface area (Å²) < 4.78 is 0. The van der Waals surface area contributed by atoms with Crippen molar-refractivity contribution in [1.82, 2.24) is 10.3 Å². The van der Waals surface area contributed by atoms with Crippen LogP contribution in [0.3, 0.4) is 0 Å². The largest absolute Gasteiger partial charge is 0.313 e. The third kappa shape index (κ3) is 2.67. The standard InChI is InChI=1S/C14H16N2/c1-2-15-11-12-6-8-13(9-7-12)14-5-3-4-10-16-14/h3-10,15H,2,11H2,1H3. The highest BCUT2D eigenvalue weighted by molar-refractivity contribution is 5.58. The van der Waals surface area contributed by atoms with Gasteiger partial charge in [-0.1, -0.05) is 37.3 Å². The maximum Gasteiger partial charge on any atom is 0.0701 e. The lowest BCUT2D eigenvalue weighted by atomic mass is 10.1. The van der Waals surface area contributed by atoms with E-state index in [1.807, 2.05) is 24.4 Å². The van der Waals surface area contributed by atoms with Gasteiger partial charge in [0.05, 0.1) is 5.69 Å². The van der Waals surface area contributed by atoms with E-state index in [0.717, 1.165) is 18.8 Å². The lowest BCUT2D eigenvalue weighted by Crippen LogP contribution is -2.11. The molecule has 1 heterocycles. The minimum Gasteiger partial charge on any atom is -0.313 e. The molecule has 1 aromatic heterocycles. The van der Waals surface area contributed by atoms with Crippen LogP contribution in [0.1, 0.15) is 12.5 Å². The molecule has 2 rings (SSSR count). The predicted molar refractivity (Wildman–Crippen MR) is 67.1 cm³/mol. The summed E-state index contributed by atoms with van der Waals surface area (Å²) in [6.45, 7) is 4.04. The molecule has 0 atom stereocenters. The summed E-state index contributed by atoms with van der Waals surface area (Å²) in [4.78, 5) is 4.33. The van der Waals surface area contributed by atoms with Crippen LogP contribution in [0.2, 0.25) is 0 Å². The summed E-state index contributed by atoms with van der Waals surface area (Å²) in [6.07, 6.45) is 1.82. The molecular weight excluding hydrogens is 196 g/mol. The topological polar surface area (TPSA) is 24.9 Å². The Balaban J connectivity index is 2.13. The van der Waals surface area contributed by atoms with Crippen molar-refractivity contribution in [2.24, 2.45) is 0 Å². The molecule has 0 saturated heterocycles. The van der Waals surface area contributed by atoms with Crippen molar-refractivity contribution >= 4 is 0 Å². The van der Waals surface area contributed by atoms with Crippen molar-refractivity contribution in [2.75, 3.05) is 6.54 Å². The van der Waals surface area contributed by atoms with E-state index in [-0.39, 0.29) is 0 Å². The first-order valence-electron chi connectivity index (χ1n) is 5.61. The molecule has 2 heteroatoms. The molecule has 0 fully saturated rings. The fourth-order valence-corrected chi connectivity index (χ4v) is 1.60. The van der Waals surface area contributed by atoms with Gasteiger partial charge in [-0.2, -0.15) is 0 Å². The molecule has 0 amide bonds. The average Bonchev–Trinajstić information content (AvgIpc) is 2.38. The van der Waals surface area contributed by atoms with Gasteiger partial charge in [-0.15, -0.1) is 0 Å². The van der Waals surface area contributed by atoms with E-state index >= 15 is 0 Å². The van der Waals surface area contributed by atoms with Crippen LogP contribution in [0.25, 0.3) is 11.3 Å². The summed E-state index contributed by atoms with van der Waals surface area (Å²) in [5, 5.41) is 3.31. The van der Waals surface area contributed by atoms with E-state index in [1.54, 1.807) is 0 Å². The second kappa shape index (κ2) is 5.42. The fraction of sp³-hybridized carbons (Fsp3) is 0.214. The van der Waals surface area contributed by atoms with Gasteiger partial charge in [0.2, 0.25) is 0 Å². The lowest BCUT2D eigenvalue weighted by Gasteiger charge is -2.04. The van der Waals surface area contributed by atoms with Crippen LogP contribution < -0.4 is 5.32 Å². The van der Waals surface area contributed by atoms with Crippen molar-refractivity contribution in [1.29, 1.82) is 0 Å². The smallest absolute Gasteiger partial charge is 0.0701 e. The summed E-state index contributed by atoms with van der Waals surface area (Å²) >= 11 is 0. The highest BCUT2D eigenvalue weighted by Gasteiger charge is 1.97. The van der Waals surface area contributed by atoms with Crippen molar-refractivity contribution in [3.8, 4) is 11.3 Å². The van der Waals surface area contributed by atoms with Gasteiger partial charge in [-0.25, -0.2) is 0 Å². The first-order valence-corrected chi connectivity index (χ1v) is 5.61. The minimum absolute atomic E-state index is 0.930. The number of rotatable bonds is 4. The number of nitrogens with zero attached hydrogens (tertiary/aromatic N) is 1. The fourth-order valence-electron chi connectivity index (χ4n) is 1.60. The molecule has 0 aliphatic heterocycles. The van der Waals surface area contributed by atoms with Gasteiger partial charge >= 0.3 is 0 Å². The van der Waals surface area contributed by atoms with Crippen molar-refractivity contribution in [3.05, 3.63) is 54.2 Å². The maximum absolute atomic E-state index is 4.33. The Morgan fingerprint density at radius 3 is 2.50 bits per heavy atom. The van der Waals surface area contributed by atoms with Crippen LogP contribution in [0.5, 0.6) is 0 Å². The molecule has 0 aliphatic carbocycles. The zero-order chi connectivity index (χ0) is 11.2. The van der Waals surface area contributed by atoms with Crippen LogP contribution >= 0.6 is 0 Å². The minimum atomic E-state index is 0.930. The van der Waals surface area contributed by atoms with E-state index < -0.39 is 0 Å². The van der Waals surface area contributed by atoms with Crippen molar-refractivity contribution in [3.63, 3.8) is 0 Å². The molecular formula is C14H16N2. The molecule has 2 nitrogen and oxygen atoms in total. The monoisotopic (exact) mass is 212 g/mol. The van der Waals surface area contributed by atoms with E-state index in [9.17, 15) is 0 Å². The first-order chi connectivity index (χ1) is 7.90. The summed E-state index contributed by atoms with van der Waals surface area (Å²) in [5.41, 5.74) is 3.50. The van der Waals surface area contributed by atoms with Crippen LogP contribution in [0.15, 0.2) is 48.7 Å². The SMILES string of the molecule is CCNCc1ccc(-c2ccccn2)cc1. The van der Waals surface area contributed by atoms with Gasteiger partial charge in [0, 0.05) is 18.3 Å². The Hall–Kier alpha value is -1.67. The molecule has 2 aromatic rings. The zero-order valence-corrected chi connectivity index (χ0v) is 9.48. The van der Waals surface area contributed by atoms with Crippen molar-refractivity contribution in [2.45, 2.75) is 13.5 Å². The van der Waals surface area contributed by atoms with Gasteiger partial charge in [0.25, 0.3) is 0 Å². The third-order valence-electron chi connectivity index (χ3n) is 2.49. The van der Waals surface area contributed by atoms with E-state index in [0.29, 0.717) is 0 Å². The summed E-state index contributed by atoms with van der Waals surface area (Å²) in [7, 11) is 0. The Morgan fingerprint density at radius 2 is 1.88 bits per heavy atom. The van der Waals surface area contributed by atoms with Gasteiger partial charge in [-0.05, 0) is 24.2 Å². The summed E-state index contributed by atoms with van der Waals surface area (Å²) in [6, 6.07) is 14.5. The molecule has 0 radical (unpaired) electrons. The molecule has 1 N–H and O–H groups in total. The number of pyridine rings is 1. The van der Waals surface area contributed by atoms with Gasteiger partial charge in [0.15, 0.2) is 0 Å². The second-order valence-corrected chi connectivity index (χ2v) is 3.69. The lowest BCUT2D eigenvalue weighted by molar-refractivity contribution is 0.727. The number of nitrogens with one attached hydrogen (secondary N) is 1. The number of hydrogen-bond acceptors (Lipinski definition) is 2. The van der Waals surface area contributed by atoms with Gasteiger partial charge < -0.3 is 5.32 Å². The van der Waals surface area contributed by atoms with E-state index in [1.165, 1.54) is 11.1 Å². The van der Waals surface area contributed by atoms with Crippen LogP contribution in [-0.2, 0) is 6.54 Å². The molecule has 0 bridgehead atoms. The number of benzene rings is 1. The number of aromatic nitrogens is 1. The Labute approximate surface area is 96.4 Å². The molecule has 16 heavy (non-hydrogen) atoms. The van der Waals surface area contributed by atoms with Crippen LogP contribution in [0, 0.1) is 0 Å². The Morgan fingerprint density at radius 1 is 1.06 bits per heavy atom. The van der Waals surface area contributed by atoms with Gasteiger partial charge in [-0.3, -0.25) is 4.98 Å². The first kappa shape index (κ1) is 10.8. The molecule has 1 aromatic carbocycles. The van der Waals surface area contributed by atoms with Crippen LogP contribution in [0.4, 0.5) is 0 Å². The van der Waals surface area contributed by atoms with Crippen LogP contribution in [-0.4, -0.2) is 11.5 Å². The molecule has 0 aliphatic rings. The summed E-state index contributed by atoms with van der Waals surface area (Å²) in [5.74, 6) is 0. The zero-order valence-electron chi connectivity index (χ0n) is 9.48. The van der Waals surface area contributed by atoms with E-state index in [4.69, 9.17) is 0 Å². The Bertz CT molecular complexity index is 420. The molecule has 82 valence electrons. The average molecular weight is 212 g/mol. The Kier molecular flexibility index (Phi) is 3.67. The molecule has 0 unspecified atom stereocenters. The van der Waals surface area contributed by atoms with Crippen molar-refractivity contribution < 1.29 is 0 Å². The third-order valence-corrected chi connectivity index (χ3v) is 2.49. The maximum atomic E-state index is 4.33. The highest BCUT2D eigenvalue weighted by atomic mass is 14.8. The quantitative estimate of drug-likeness (QED) is 0.843. The van der Waals surface area contributed by atoms with Gasteiger partial charge in [0.1, 0.15) is 0 Å². The normalized spacial score (nSPS) is 10.3. The highest BCUT2D eigenvalue weighted by Crippen LogP contribution is 2.16. The predicted octanol–water partition coefficient (Wildman–Crippen LogP) is 2.86. The molecule has 0 spiro atoms. The number of hydrogen-bond donors (Lipinski definition) is 1. The second-order valence-electron chi connectivity index (χ2n) is 3.69.